The van der Waals surface area contributed by atoms with E-state index in [1.54, 1.807) is 0 Å². The van der Waals surface area contributed by atoms with E-state index in [4.69, 9.17) is 26.7 Å². The minimum atomic E-state index is 0.0185. The molecule has 7 heteroatoms. The topological polar surface area (TPSA) is 51.6 Å². The van der Waals surface area contributed by atoms with Gasteiger partial charge in [0.2, 0.25) is 6.79 Å². The van der Waals surface area contributed by atoms with Crippen molar-refractivity contribution in [3.8, 4) is 17.2 Å². The second-order valence-corrected chi connectivity index (χ2v) is 9.56. The lowest BCUT2D eigenvalue weighted by Crippen LogP contribution is -2.37. The van der Waals surface area contributed by atoms with Gasteiger partial charge in [0.15, 0.2) is 16.6 Å². The molecule has 0 radical (unpaired) electrons. The van der Waals surface area contributed by atoms with E-state index in [1.807, 2.05) is 18.3 Å². The summed E-state index contributed by atoms with van der Waals surface area (Å²) in [5.74, 6) is 1.60. The zero-order chi connectivity index (χ0) is 22.5. The lowest BCUT2D eigenvalue weighted by molar-refractivity contribution is 0.174. The second kappa shape index (κ2) is 8.06. The number of rotatable bonds is 4. The Hall–Kier alpha value is -3.06. The summed E-state index contributed by atoms with van der Waals surface area (Å²) in [4.78, 5) is 7.17. The van der Waals surface area contributed by atoms with Crippen molar-refractivity contribution in [3.63, 3.8) is 0 Å². The smallest absolute Gasteiger partial charge is 0.231 e. The Balaban J connectivity index is 1.46. The Morgan fingerprint density at radius 3 is 2.64 bits per heavy atom. The van der Waals surface area contributed by atoms with E-state index in [0.29, 0.717) is 6.04 Å². The minimum absolute atomic E-state index is 0.0185. The van der Waals surface area contributed by atoms with Gasteiger partial charge in [-0.25, -0.2) is 0 Å². The van der Waals surface area contributed by atoms with Crippen molar-refractivity contribution in [2.75, 3.05) is 6.79 Å². The largest absolute Gasteiger partial charge is 0.454 e. The molecule has 2 atom stereocenters. The molecule has 0 bridgehead atoms. The van der Waals surface area contributed by atoms with Crippen molar-refractivity contribution in [2.24, 2.45) is 0 Å². The molecule has 2 aromatic heterocycles. The summed E-state index contributed by atoms with van der Waals surface area (Å²) >= 11 is 5.91. The standard InChI is InChI=1S/C26H28N4O2S/c1-16-13-20(17(2)29(16)19-10-11-22-23(14-19)32-15-31-22)25-24(21-9-5-6-12-27-21)28-26(33)30(25)18-7-3-4-8-18/h5-6,9-14,18,24-25H,3-4,7-8,15H2,1-2H3,(H,28,33)/t24-,25-/m1/s1. The second-order valence-electron chi connectivity index (χ2n) is 9.17. The molecule has 3 aromatic rings. The van der Waals surface area contributed by atoms with Crippen molar-refractivity contribution < 1.29 is 9.47 Å². The Morgan fingerprint density at radius 1 is 1.03 bits per heavy atom. The third-order valence-electron chi connectivity index (χ3n) is 7.26. The molecular formula is C26H28N4O2S. The van der Waals surface area contributed by atoms with Gasteiger partial charge in [0, 0.05) is 35.4 Å². The summed E-state index contributed by atoms with van der Waals surface area (Å²) < 4.78 is 13.5. The number of fused-ring (bicyclic) bond motifs is 1. The van der Waals surface area contributed by atoms with E-state index in [0.717, 1.165) is 28.0 Å². The van der Waals surface area contributed by atoms with Crippen LogP contribution in [0.3, 0.4) is 0 Å². The first-order valence-corrected chi connectivity index (χ1v) is 12.1. The number of hydrogen-bond donors (Lipinski definition) is 1. The third kappa shape index (κ3) is 3.37. The van der Waals surface area contributed by atoms with Crippen LogP contribution in [0.2, 0.25) is 0 Å². The molecule has 33 heavy (non-hydrogen) atoms. The van der Waals surface area contributed by atoms with Crippen molar-refractivity contribution >= 4 is 17.3 Å². The summed E-state index contributed by atoms with van der Waals surface area (Å²) in [6.45, 7) is 4.65. The maximum Gasteiger partial charge on any atom is 0.231 e. The van der Waals surface area contributed by atoms with Crippen LogP contribution in [0.15, 0.2) is 48.7 Å². The summed E-state index contributed by atoms with van der Waals surface area (Å²) in [6.07, 6.45) is 6.77. The normalized spacial score (nSPS) is 22.2. The number of pyridine rings is 1. The number of ether oxygens (including phenoxy) is 2. The van der Waals surface area contributed by atoms with Gasteiger partial charge in [-0.05, 0) is 74.8 Å². The Kier molecular flexibility index (Phi) is 5.02. The van der Waals surface area contributed by atoms with Gasteiger partial charge < -0.3 is 24.3 Å². The molecule has 0 amide bonds. The van der Waals surface area contributed by atoms with Crippen molar-refractivity contribution in [1.29, 1.82) is 0 Å². The molecule has 3 aliphatic rings. The summed E-state index contributed by atoms with van der Waals surface area (Å²) in [7, 11) is 0. The van der Waals surface area contributed by atoms with Gasteiger partial charge in [0.25, 0.3) is 0 Å². The summed E-state index contributed by atoms with van der Waals surface area (Å²) in [5.41, 5.74) is 5.80. The number of aromatic nitrogens is 2. The van der Waals surface area contributed by atoms with Gasteiger partial charge in [-0.2, -0.15) is 0 Å². The van der Waals surface area contributed by atoms with E-state index in [1.165, 1.54) is 42.6 Å². The van der Waals surface area contributed by atoms with Crippen LogP contribution in [-0.2, 0) is 0 Å². The maximum atomic E-state index is 5.91. The maximum absolute atomic E-state index is 5.91. The van der Waals surface area contributed by atoms with E-state index in [9.17, 15) is 0 Å². The molecule has 1 aliphatic carbocycles. The zero-order valence-corrected chi connectivity index (χ0v) is 19.8. The van der Waals surface area contributed by atoms with Gasteiger partial charge in [-0.15, -0.1) is 0 Å². The number of benzene rings is 1. The lowest BCUT2D eigenvalue weighted by atomic mass is 9.95. The molecule has 1 saturated heterocycles. The average molecular weight is 461 g/mol. The molecule has 1 aromatic carbocycles. The Labute approximate surface area is 199 Å². The lowest BCUT2D eigenvalue weighted by Gasteiger charge is -2.33. The molecule has 2 fully saturated rings. The SMILES string of the molecule is Cc1cc([C@@H]2[C@@H](c3ccccn3)NC(=S)N2C2CCCC2)c(C)n1-c1ccc2c(c1)OCO2. The predicted molar refractivity (Wildman–Crippen MR) is 131 cm³/mol. The van der Waals surface area contributed by atoms with Gasteiger partial charge in [0.1, 0.15) is 0 Å². The predicted octanol–water partition coefficient (Wildman–Crippen LogP) is 5.13. The molecule has 2 aliphatic heterocycles. The van der Waals surface area contributed by atoms with Crippen LogP contribution in [0.5, 0.6) is 11.5 Å². The molecular weight excluding hydrogens is 432 g/mol. The van der Waals surface area contributed by atoms with E-state index >= 15 is 0 Å². The van der Waals surface area contributed by atoms with Crippen molar-refractivity contribution in [3.05, 3.63) is 71.3 Å². The van der Waals surface area contributed by atoms with Crippen molar-refractivity contribution in [1.82, 2.24) is 19.8 Å². The van der Waals surface area contributed by atoms with Crippen LogP contribution in [0.25, 0.3) is 5.69 Å². The first kappa shape index (κ1) is 20.5. The summed E-state index contributed by atoms with van der Waals surface area (Å²) in [6, 6.07) is 15.2. The highest BCUT2D eigenvalue weighted by atomic mass is 32.1. The number of nitrogens with one attached hydrogen (secondary N) is 1. The van der Waals surface area contributed by atoms with E-state index in [2.05, 4.69) is 59.0 Å². The molecule has 6 nitrogen and oxygen atoms in total. The van der Waals surface area contributed by atoms with Crippen LogP contribution < -0.4 is 14.8 Å². The molecule has 1 N–H and O–H groups in total. The Morgan fingerprint density at radius 2 is 1.85 bits per heavy atom. The first-order valence-electron chi connectivity index (χ1n) is 11.7. The Bertz CT molecular complexity index is 1200. The molecule has 1 saturated carbocycles. The molecule has 0 unspecified atom stereocenters. The number of thiocarbonyl (C=S) groups is 1. The fourth-order valence-electron chi connectivity index (χ4n) is 5.78. The van der Waals surface area contributed by atoms with E-state index < -0.39 is 0 Å². The van der Waals surface area contributed by atoms with E-state index in [-0.39, 0.29) is 18.9 Å². The number of hydrogen-bond acceptors (Lipinski definition) is 4. The van der Waals surface area contributed by atoms with Crippen LogP contribution in [0, 0.1) is 13.8 Å². The van der Waals surface area contributed by atoms with Crippen LogP contribution in [0.1, 0.15) is 60.4 Å². The van der Waals surface area contributed by atoms with Crippen LogP contribution in [0.4, 0.5) is 0 Å². The molecule has 0 spiro atoms. The number of nitrogens with zero attached hydrogens (tertiary/aromatic N) is 3. The number of aryl methyl sites for hydroxylation is 1. The highest BCUT2D eigenvalue weighted by molar-refractivity contribution is 7.80. The van der Waals surface area contributed by atoms with Gasteiger partial charge in [-0.3, -0.25) is 4.98 Å². The van der Waals surface area contributed by atoms with Crippen molar-refractivity contribution in [2.45, 2.75) is 57.7 Å². The van der Waals surface area contributed by atoms with Crippen LogP contribution >= 0.6 is 12.2 Å². The van der Waals surface area contributed by atoms with Crippen LogP contribution in [-0.4, -0.2) is 32.4 Å². The third-order valence-corrected chi connectivity index (χ3v) is 7.59. The zero-order valence-electron chi connectivity index (χ0n) is 19.0. The molecule has 6 rings (SSSR count). The first-order chi connectivity index (χ1) is 16.1. The monoisotopic (exact) mass is 460 g/mol. The van der Waals surface area contributed by atoms with Gasteiger partial charge in [-0.1, -0.05) is 18.9 Å². The quantitative estimate of drug-likeness (QED) is 0.545. The fourth-order valence-corrected chi connectivity index (χ4v) is 6.17. The minimum Gasteiger partial charge on any atom is -0.454 e. The average Bonchev–Trinajstić information content (AvgIpc) is 3.60. The molecule has 4 heterocycles. The van der Waals surface area contributed by atoms with Gasteiger partial charge in [0.05, 0.1) is 17.8 Å². The molecule has 170 valence electrons. The highest BCUT2D eigenvalue weighted by Crippen LogP contribution is 2.45. The fraction of sp³-hybridized carbons (Fsp3) is 0.385. The van der Waals surface area contributed by atoms with Gasteiger partial charge >= 0.3 is 0 Å². The summed E-state index contributed by atoms with van der Waals surface area (Å²) in [5, 5.41) is 4.47. The highest BCUT2D eigenvalue weighted by Gasteiger charge is 2.44.